The fraction of sp³-hybridized carbons (Fsp3) is 0.600. The van der Waals surface area contributed by atoms with E-state index in [4.69, 9.17) is 4.52 Å². The molecular formula is C30H48O5P+. The molecule has 0 saturated carbocycles. The third kappa shape index (κ3) is 12.1. The zero-order valence-electron chi connectivity index (χ0n) is 22.3. The molecular weight excluding hydrogens is 471 g/mol. The van der Waals surface area contributed by atoms with Crippen LogP contribution in [0.5, 0.6) is 11.5 Å². The highest BCUT2D eigenvalue weighted by Crippen LogP contribution is 2.54. The summed E-state index contributed by atoms with van der Waals surface area (Å²) in [5.41, 5.74) is 1.79. The van der Waals surface area contributed by atoms with Crippen molar-refractivity contribution in [1.29, 1.82) is 0 Å². The fourth-order valence-corrected chi connectivity index (χ4v) is 6.21. The molecule has 4 N–H and O–H groups in total. The Kier molecular flexibility index (Phi) is 14.4. The monoisotopic (exact) mass is 519 g/mol. The van der Waals surface area contributed by atoms with Crippen LogP contribution in [0.2, 0.25) is 0 Å². The van der Waals surface area contributed by atoms with Gasteiger partial charge in [0.05, 0.1) is 0 Å². The van der Waals surface area contributed by atoms with Gasteiger partial charge < -0.3 is 10.2 Å². The van der Waals surface area contributed by atoms with E-state index in [1.165, 1.54) is 64.2 Å². The summed E-state index contributed by atoms with van der Waals surface area (Å²) in [7, 11) is -3.49. The molecule has 0 amide bonds. The van der Waals surface area contributed by atoms with E-state index in [-0.39, 0.29) is 23.6 Å². The van der Waals surface area contributed by atoms with E-state index in [1.54, 1.807) is 24.3 Å². The lowest BCUT2D eigenvalue weighted by Gasteiger charge is -2.25. The molecule has 36 heavy (non-hydrogen) atoms. The van der Waals surface area contributed by atoms with Gasteiger partial charge in [0, 0.05) is 5.92 Å². The van der Waals surface area contributed by atoms with E-state index in [0.29, 0.717) is 0 Å². The zero-order chi connectivity index (χ0) is 26.2. The topological polar surface area (TPSA) is 90.2 Å². The van der Waals surface area contributed by atoms with E-state index < -0.39 is 14.0 Å². The predicted octanol–water partition coefficient (Wildman–Crippen LogP) is 8.47. The second-order valence-corrected chi connectivity index (χ2v) is 12.1. The Morgan fingerprint density at radius 2 is 0.972 bits per heavy atom. The first kappa shape index (κ1) is 30.6. The van der Waals surface area contributed by atoms with E-state index in [0.717, 1.165) is 30.4 Å². The molecule has 2 aromatic rings. The fourth-order valence-electron chi connectivity index (χ4n) is 4.81. The molecule has 0 aliphatic carbocycles. The number of rotatable bonds is 19. The van der Waals surface area contributed by atoms with Crippen molar-refractivity contribution < 1.29 is 24.5 Å². The second-order valence-electron chi connectivity index (χ2n) is 10.1. The zero-order valence-corrected chi connectivity index (χ0v) is 23.2. The van der Waals surface area contributed by atoms with Crippen LogP contribution in [0.3, 0.4) is 0 Å². The summed E-state index contributed by atoms with van der Waals surface area (Å²) < 4.78 is 5.87. The Morgan fingerprint density at radius 3 is 1.36 bits per heavy atom. The molecule has 2 rings (SSSR count). The summed E-state index contributed by atoms with van der Waals surface area (Å²) in [5, 5.41) is 19.4. The van der Waals surface area contributed by atoms with E-state index in [9.17, 15) is 20.0 Å². The second kappa shape index (κ2) is 17.0. The normalized spacial score (nSPS) is 12.8. The molecule has 2 aromatic carbocycles. The summed E-state index contributed by atoms with van der Waals surface area (Å²) in [4.78, 5) is 21.3. The first-order chi connectivity index (χ1) is 17.3. The molecule has 0 aliphatic heterocycles. The van der Waals surface area contributed by atoms with E-state index in [1.807, 2.05) is 31.2 Å². The van der Waals surface area contributed by atoms with Gasteiger partial charge in [-0.15, -0.1) is 0 Å². The Hall–Kier alpha value is -1.65. The molecule has 202 valence electrons. The van der Waals surface area contributed by atoms with Crippen LogP contribution in [-0.4, -0.2) is 32.3 Å². The third-order valence-corrected chi connectivity index (χ3v) is 8.43. The number of phenols is 2. The summed E-state index contributed by atoms with van der Waals surface area (Å²) in [5.74, 6) is 0.0761. The highest BCUT2D eigenvalue weighted by Gasteiger charge is 2.40. The quantitative estimate of drug-likeness (QED) is 0.110. The van der Waals surface area contributed by atoms with Crippen LogP contribution in [-0.2, 0) is 4.52 Å². The Morgan fingerprint density at radius 1 is 0.611 bits per heavy atom. The van der Waals surface area contributed by atoms with Crippen LogP contribution < -0.4 is 0 Å². The standard InChI is InChI=1S/C30H47O5P/c1-3-4-5-6-7-8-9-10-11-12-13-14-15-24-36(33,34)35-25(2)30(26-16-20-28(31)21-17-26)27-18-22-29(32)23-19-27/h16-23,25,30,33-34H,3-15,24H2,1-2H3,(H-,31,32)/p+1. The summed E-state index contributed by atoms with van der Waals surface area (Å²) in [6.07, 6.45) is 15.9. The molecule has 0 aromatic heterocycles. The van der Waals surface area contributed by atoms with Crippen LogP contribution in [0.4, 0.5) is 0 Å². The van der Waals surface area contributed by atoms with Crippen LogP contribution in [0.15, 0.2) is 48.5 Å². The molecule has 0 spiro atoms. The Labute approximate surface area is 219 Å². The van der Waals surface area contributed by atoms with Crippen LogP contribution in [0.25, 0.3) is 0 Å². The molecule has 0 saturated heterocycles. The van der Waals surface area contributed by atoms with E-state index >= 15 is 0 Å². The SMILES string of the molecule is CCCCCCCCCCCCCCC[P+](O)(O)OC(C)C(c1ccc(O)cc1)c1ccc(O)cc1. The molecule has 0 radical (unpaired) electrons. The molecule has 0 aliphatic rings. The molecule has 1 unspecified atom stereocenters. The first-order valence-electron chi connectivity index (χ1n) is 13.9. The third-order valence-electron chi connectivity index (χ3n) is 6.86. The summed E-state index contributed by atoms with van der Waals surface area (Å²) >= 11 is 0. The van der Waals surface area contributed by atoms with Gasteiger partial charge in [0.25, 0.3) is 0 Å². The average molecular weight is 520 g/mol. The minimum Gasteiger partial charge on any atom is -0.508 e. The van der Waals surface area contributed by atoms with Crippen molar-refractivity contribution in [1.82, 2.24) is 0 Å². The van der Waals surface area contributed by atoms with Crippen molar-refractivity contribution in [3.8, 4) is 11.5 Å². The number of hydrogen-bond donors (Lipinski definition) is 4. The van der Waals surface area contributed by atoms with Crippen LogP contribution >= 0.6 is 7.94 Å². The number of hydrogen-bond acceptors (Lipinski definition) is 5. The largest absolute Gasteiger partial charge is 0.508 e. The maximum Gasteiger partial charge on any atom is 0.406 e. The highest BCUT2D eigenvalue weighted by molar-refractivity contribution is 7.59. The molecule has 1 atom stereocenters. The van der Waals surface area contributed by atoms with Gasteiger partial charge >= 0.3 is 7.94 Å². The van der Waals surface area contributed by atoms with Crippen LogP contribution in [0.1, 0.15) is 114 Å². The van der Waals surface area contributed by atoms with Gasteiger partial charge in [-0.3, -0.25) is 0 Å². The van der Waals surface area contributed by atoms with Gasteiger partial charge in [-0.05, 0) is 55.2 Å². The van der Waals surface area contributed by atoms with Crippen molar-refractivity contribution in [3.05, 3.63) is 59.7 Å². The van der Waals surface area contributed by atoms with Crippen molar-refractivity contribution in [2.45, 2.75) is 109 Å². The lowest BCUT2D eigenvalue weighted by molar-refractivity contribution is 0.152. The van der Waals surface area contributed by atoms with Gasteiger partial charge in [0.2, 0.25) is 0 Å². The van der Waals surface area contributed by atoms with Gasteiger partial charge in [-0.25, -0.2) is 0 Å². The maximum absolute atomic E-state index is 10.7. The summed E-state index contributed by atoms with van der Waals surface area (Å²) in [6, 6.07) is 13.7. The first-order valence-corrected chi connectivity index (χ1v) is 15.7. The number of unbranched alkanes of at least 4 members (excludes halogenated alkanes) is 12. The molecule has 0 bridgehead atoms. The van der Waals surface area contributed by atoms with Crippen molar-refractivity contribution in [2.75, 3.05) is 6.16 Å². The van der Waals surface area contributed by atoms with Crippen molar-refractivity contribution in [2.24, 2.45) is 0 Å². The van der Waals surface area contributed by atoms with Crippen molar-refractivity contribution in [3.63, 3.8) is 0 Å². The summed E-state index contributed by atoms with van der Waals surface area (Å²) in [6.45, 7) is 4.10. The van der Waals surface area contributed by atoms with Gasteiger partial charge in [0.15, 0.2) is 0 Å². The number of aromatic hydroxyl groups is 2. The Bertz CT molecular complexity index is 777. The minimum atomic E-state index is -3.49. The van der Waals surface area contributed by atoms with Crippen molar-refractivity contribution >= 4 is 7.94 Å². The smallest absolute Gasteiger partial charge is 0.406 e. The van der Waals surface area contributed by atoms with Gasteiger partial charge in [-0.1, -0.05) is 102 Å². The van der Waals surface area contributed by atoms with Gasteiger partial charge in [-0.2, -0.15) is 14.3 Å². The molecule has 5 nitrogen and oxygen atoms in total. The Balaban J connectivity index is 1.73. The lowest BCUT2D eigenvalue weighted by Crippen LogP contribution is -2.21. The lowest BCUT2D eigenvalue weighted by atomic mass is 9.87. The number of benzene rings is 2. The van der Waals surface area contributed by atoms with Crippen LogP contribution in [0, 0.1) is 0 Å². The number of phenolic OH excluding ortho intramolecular Hbond substituents is 2. The van der Waals surface area contributed by atoms with Gasteiger partial charge in [0.1, 0.15) is 23.8 Å². The highest BCUT2D eigenvalue weighted by atomic mass is 31.2. The average Bonchev–Trinajstić information content (AvgIpc) is 2.84. The molecule has 0 fully saturated rings. The maximum atomic E-state index is 10.7. The minimum absolute atomic E-state index is 0.172. The molecule has 6 heteroatoms. The van der Waals surface area contributed by atoms with E-state index in [2.05, 4.69) is 6.92 Å². The molecule has 0 heterocycles. The predicted molar refractivity (Wildman–Crippen MR) is 151 cm³/mol.